The molecule has 1 aromatic heterocycles. The van der Waals surface area contributed by atoms with Crippen molar-refractivity contribution in [3.8, 4) is 11.3 Å². The average molecular weight is 275 g/mol. The van der Waals surface area contributed by atoms with E-state index >= 15 is 0 Å². The van der Waals surface area contributed by atoms with E-state index in [-0.39, 0.29) is 0 Å². The maximum Gasteiger partial charge on any atom is 0.0480 e. The lowest BCUT2D eigenvalue weighted by Gasteiger charge is -2.09. The minimum Gasteiger partial charge on any atom is -0.348 e. The minimum atomic E-state index is 1.09. The summed E-state index contributed by atoms with van der Waals surface area (Å²) < 4.78 is 2.36. The zero-order valence-corrected chi connectivity index (χ0v) is 12.3. The van der Waals surface area contributed by atoms with Gasteiger partial charge in [0.05, 0.1) is 0 Å². The molecule has 0 radical (unpaired) electrons. The summed E-state index contributed by atoms with van der Waals surface area (Å²) >= 11 is 0. The molecule has 0 amide bonds. The van der Waals surface area contributed by atoms with Gasteiger partial charge in [0.15, 0.2) is 0 Å². The Bertz CT molecular complexity index is 653. The van der Waals surface area contributed by atoms with Crippen molar-refractivity contribution >= 4 is 0 Å². The topological polar surface area (TPSA) is 4.93 Å². The Labute approximate surface area is 126 Å². The van der Waals surface area contributed by atoms with Crippen molar-refractivity contribution in [3.63, 3.8) is 0 Å². The number of unbranched alkanes of at least 4 members (excludes halogenated alkanes) is 1. The van der Waals surface area contributed by atoms with E-state index in [1.165, 1.54) is 36.1 Å². The molecule has 3 rings (SSSR count). The fourth-order valence-electron chi connectivity index (χ4n) is 2.74. The SMILES string of the molecule is c1ccc(CCCCn2cccc2-c2ccccc2)cc1. The highest BCUT2D eigenvalue weighted by Gasteiger charge is 2.03. The zero-order chi connectivity index (χ0) is 14.3. The minimum absolute atomic E-state index is 1.09. The van der Waals surface area contributed by atoms with Gasteiger partial charge in [-0.15, -0.1) is 0 Å². The van der Waals surface area contributed by atoms with Gasteiger partial charge in [0.25, 0.3) is 0 Å². The van der Waals surface area contributed by atoms with Gasteiger partial charge in [0.2, 0.25) is 0 Å². The molecule has 0 spiro atoms. The van der Waals surface area contributed by atoms with Gasteiger partial charge in [-0.1, -0.05) is 60.7 Å². The fourth-order valence-corrected chi connectivity index (χ4v) is 2.74. The van der Waals surface area contributed by atoms with Crippen LogP contribution in [0.5, 0.6) is 0 Å². The molecule has 0 N–H and O–H groups in total. The highest BCUT2D eigenvalue weighted by atomic mass is 15.0. The number of hydrogen-bond acceptors (Lipinski definition) is 0. The smallest absolute Gasteiger partial charge is 0.0480 e. The van der Waals surface area contributed by atoms with Crippen molar-refractivity contribution in [2.75, 3.05) is 0 Å². The highest BCUT2D eigenvalue weighted by Crippen LogP contribution is 2.20. The number of aromatic nitrogens is 1. The molecular formula is C20H21N. The molecule has 0 saturated carbocycles. The number of nitrogens with zero attached hydrogens (tertiary/aromatic N) is 1. The summed E-state index contributed by atoms with van der Waals surface area (Å²) in [7, 11) is 0. The summed E-state index contributed by atoms with van der Waals surface area (Å²) in [5.74, 6) is 0. The Kier molecular flexibility index (Phi) is 4.52. The van der Waals surface area contributed by atoms with Crippen LogP contribution in [0.1, 0.15) is 18.4 Å². The van der Waals surface area contributed by atoms with E-state index in [1.807, 2.05) is 0 Å². The lowest BCUT2D eigenvalue weighted by molar-refractivity contribution is 0.616. The Morgan fingerprint density at radius 2 is 1.38 bits per heavy atom. The monoisotopic (exact) mass is 275 g/mol. The number of hydrogen-bond donors (Lipinski definition) is 0. The number of rotatable bonds is 6. The fraction of sp³-hybridized carbons (Fsp3) is 0.200. The third-order valence-corrected chi connectivity index (χ3v) is 3.86. The largest absolute Gasteiger partial charge is 0.348 e. The predicted octanol–water partition coefficient (Wildman–Crippen LogP) is 5.18. The van der Waals surface area contributed by atoms with Gasteiger partial charge >= 0.3 is 0 Å². The molecule has 3 aromatic rings. The highest BCUT2D eigenvalue weighted by molar-refractivity contribution is 5.59. The van der Waals surface area contributed by atoms with E-state index in [4.69, 9.17) is 0 Å². The van der Waals surface area contributed by atoms with Crippen LogP contribution >= 0.6 is 0 Å². The van der Waals surface area contributed by atoms with Crippen molar-refractivity contribution in [3.05, 3.63) is 84.6 Å². The van der Waals surface area contributed by atoms with Crippen LogP contribution in [0.4, 0.5) is 0 Å². The molecule has 0 unspecified atom stereocenters. The normalized spacial score (nSPS) is 10.7. The van der Waals surface area contributed by atoms with E-state index in [9.17, 15) is 0 Å². The molecular weight excluding hydrogens is 254 g/mol. The molecule has 0 fully saturated rings. The van der Waals surface area contributed by atoms with E-state index in [0.717, 1.165) is 6.54 Å². The molecule has 0 aliphatic rings. The first-order chi connectivity index (χ1) is 10.4. The molecule has 21 heavy (non-hydrogen) atoms. The predicted molar refractivity (Wildman–Crippen MR) is 89.2 cm³/mol. The van der Waals surface area contributed by atoms with Crippen LogP contribution in [-0.4, -0.2) is 4.57 Å². The van der Waals surface area contributed by atoms with Crippen LogP contribution < -0.4 is 0 Å². The van der Waals surface area contributed by atoms with Crippen LogP contribution in [0.25, 0.3) is 11.3 Å². The van der Waals surface area contributed by atoms with Gasteiger partial charge in [-0.3, -0.25) is 0 Å². The van der Waals surface area contributed by atoms with E-state index in [2.05, 4.69) is 83.6 Å². The molecule has 0 saturated heterocycles. The summed E-state index contributed by atoms with van der Waals surface area (Å²) in [4.78, 5) is 0. The first kappa shape index (κ1) is 13.7. The van der Waals surface area contributed by atoms with Crippen molar-refractivity contribution in [1.29, 1.82) is 0 Å². The van der Waals surface area contributed by atoms with E-state index in [1.54, 1.807) is 0 Å². The van der Waals surface area contributed by atoms with Crippen molar-refractivity contribution in [2.45, 2.75) is 25.8 Å². The van der Waals surface area contributed by atoms with E-state index in [0.29, 0.717) is 0 Å². The van der Waals surface area contributed by atoms with Crippen LogP contribution in [0, 0.1) is 0 Å². The first-order valence-electron chi connectivity index (χ1n) is 7.68. The van der Waals surface area contributed by atoms with Gasteiger partial charge in [0, 0.05) is 18.4 Å². The lowest BCUT2D eigenvalue weighted by Crippen LogP contribution is -1.99. The lowest BCUT2D eigenvalue weighted by atomic mass is 10.1. The second kappa shape index (κ2) is 6.94. The van der Waals surface area contributed by atoms with Crippen LogP contribution in [0.15, 0.2) is 79.0 Å². The molecule has 0 aliphatic carbocycles. The van der Waals surface area contributed by atoms with Crippen LogP contribution in [0.2, 0.25) is 0 Å². The Balaban J connectivity index is 1.56. The molecule has 2 aromatic carbocycles. The third kappa shape index (κ3) is 3.63. The standard InChI is InChI=1S/C20H21N/c1-3-10-18(11-4-1)12-7-8-16-21-17-9-15-20(21)19-13-5-2-6-14-19/h1-6,9-11,13-15,17H,7-8,12,16H2. The third-order valence-electron chi connectivity index (χ3n) is 3.86. The molecule has 0 bridgehead atoms. The Hall–Kier alpha value is -2.28. The molecule has 1 heteroatoms. The van der Waals surface area contributed by atoms with E-state index < -0.39 is 0 Å². The van der Waals surface area contributed by atoms with Crippen molar-refractivity contribution in [2.24, 2.45) is 0 Å². The maximum absolute atomic E-state index is 2.36. The number of aryl methyl sites for hydroxylation is 2. The summed E-state index contributed by atoms with van der Waals surface area (Å²) in [6, 6.07) is 25.7. The van der Waals surface area contributed by atoms with Gasteiger partial charge in [-0.25, -0.2) is 0 Å². The number of benzene rings is 2. The molecule has 1 nitrogen and oxygen atoms in total. The first-order valence-corrected chi connectivity index (χ1v) is 7.68. The Morgan fingerprint density at radius 3 is 2.14 bits per heavy atom. The molecule has 1 heterocycles. The van der Waals surface area contributed by atoms with Crippen LogP contribution in [-0.2, 0) is 13.0 Å². The van der Waals surface area contributed by atoms with Gasteiger partial charge < -0.3 is 4.57 Å². The van der Waals surface area contributed by atoms with Gasteiger partial charge in [0.1, 0.15) is 0 Å². The van der Waals surface area contributed by atoms with Gasteiger partial charge in [-0.2, -0.15) is 0 Å². The molecule has 0 aliphatic heterocycles. The summed E-state index contributed by atoms with van der Waals surface area (Å²) in [5, 5.41) is 0. The van der Waals surface area contributed by atoms with Crippen LogP contribution in [0.3, 0.4) is 0 Å². The summed E-state index contributed by atoms with van der Waals surface area (Å²) in [6.45, 7) is 1.09. The van der Waals surface area contributed by atoms with Gasteiger partial charge in [-0.05, 0) is 42.5 Å². The molecule has 106 valence electrons. The quantitative estimate of drug-likeness (QED) is 0.546. The summed E-state index contributed by atoms with van der Waals surface area (Å²) in [5.41, 5.74) is 4.05. The zero-order valence-electron chi connectivity index (χ0n) is 12.3. The second-order valence-electron chi connectivity index (χ2n) is 5.40. The molecule has 0 atom stereocenters. The second-order valence-corrected chi connectivity index (χ2v) is 5.40. The summed E-state index contributed by atoms with van der Waals surface area (Å²) in [6.07, 6.45) is 5.80. The van der Waals surface area contributed by atoms with Crippen molar-refractivity contribution in [1.82, 2.24) is 4.57 Å². The average Bonchev–Trinajstić information content (AvgIpc) is 3.02. The van der Waals surface area contributed by atoms with Crippen molar-refractivity contribution < 1.29 is 0 Å². The maximum atomic E-state index is 2.36. The Morgan fingerprint density at radius 1 is 0.667 bits per heavy atom.